The number of rotatable bonds is 2. The molecule has 0 aliphatic carbocycles. The van der Waals surface area contributed by atoms with Crippen LogP contribution in [0.3, 0.4) is 0 Å². The molecule has 0 aromatic heterocycles. The number of aliphatic hydroxyl groups is 1. The molecular weight excluding hydrogens is 183 g/mol. The molecule has 1 N–H and O–H groups in total. The van der Waals surface area contributed by atoms with Gasteiger partial charge in [0.15, 0.2) is 0 Å². The molecule has 2 nitrogen and oxygen atoms in total. The first-order chi connectivity index (χ1) is 3.12. The molecule has 0 aliphatic rings. The van der Waals surface area contributed by atoms with Gasteiger partial charge in [-0.2, -0.15) is 0 Å². The van der Waals surface area contributed by atoms with Crippen LogP contribution in [0.25, 0.3) is 0 Å². The Morgan fingerprint density at radius 1 is 1.50 bits per heavy atom. The Bertz CT molecular complexity index is 48.4. The van der Waals surface area contributed by atoms with Gasteiger partial charge in [0, 0.05) is 33.3 Å². The van der Waals surface area contributed by atoms with Crippen LogP contribution in [0.1, 0.15) is 13.8 Å². The average Bonchev–Trinajstić information content (AvgIpc) is 1.68. The van der Waals surface area contributed by atoms with Crippen LogP contribution in [0.5, 0.6) is 0 Å². The standard InChI is InChI=1S/C5H12O2.Zr/c1-5(2,4-6)7-3;/h6H,4H2,1-3H3;. The maximum atomic E-state index is 8.47. The second-order valence-electron chi connectivity index (χ2n) is 2.12. The van der Waals surface area contributed by atoms with Crippen molar-refractivity contribution in [2.24, 2.45) is 0 Å². The molecule has 48 valence electrons. The van der Waals surface area contributed by atoms with E-state index in [1.165, 1.54) is 0 Å². The van der Waals surface area contributed by atoms with E-state index >= 15 is 0 Å². The molecule has 8 heavy (non-hydrogen) atoms. The number of methoxy groups -OCH3 is 1. The predicted molar refractivity (Wildman–Crippen MR) is 28.2 cm³/mol. The SMILES string of the molecule is COC(C)(C)CO.[Zr]. The Balaban J connectivity index is 0. The molecule has 0 saturated heterocycles. The van der Waals surface area contributed by atoms with E-state index in [9.17, 15) is 0 Å². The van der Waals surface area contributed by atoms with Crippen molar-refractivity contribution in [3.8, 4) is 0 Å². The van der Waals surface area contributed by atoms with Crippen molar-refractivity contribution >= 4 is 0 Å². The molecular formula is C5H12O2Zr. The summed E-state index contributed by atoms with van der Waals surface area (Å²) in [7, 11) is 1.58. The maximum Gasteiger partial charge on any atom is 0.0852 e. The van der Waals surface area contributed by atoms with Gasteiger partial charge in [0.25, 0.3) is 0 Å². The molecule has 0 rings (SSSR count). The van der Waals surface area contributed by atoms with Gasteiger partial charge in [-0.25, -0.2) is 0 Å². The van der Waals surface area contributed by atoms with E-state index in [0.29, 0.717) is 0 Å². The Morgan fingerprint density at radius 3 is 1.88 bits per heavy atom. The number of aliphatic hydroxyl groups excluding tert-OH is 1. The maximum absolute atomic E-state index is 8.47. The van der Waals surface area contributed by atoms with Crippen molar-refractivity contribution in [3.63, 3.8) is 0 Å². The van der Waals surface area contributed by atoms with Crippen molar-refractivity contribution in [2.75, 3.05) is 13.7 Å². The van der Waals surface area contributed by atoms with Gasteiger partial charge in [0.05, 0.1) is 12.2 Å². The van der Waals surface area contributed by atoms with Crippen LogP contribution >= 0.6 is 0 Å². The molecule has 0 aliphatic heterocycles. The van der Waals surface area contributed by atoms with Crippen LogP contribution < -0.4 is 0 Å². The third kappa shape index (κ3) is 4.95. The summed E-state index contributed by atoms with van der Waals surface area (Å²) in [5, 5.41) is 8.47. The third-order valence-electron chi connectivity index (χ3n) is 0.933. The topological polar surface area (TPSA) is 29.5 Å². The largest absolute Gasteiger partial charge is 0.393 e. The van der Waals surface area contributed by atoms with Crippen LogP contribution in [-0.4, -0.2) is 24.4 Å². The van der Waals surface area contributed by atoms with Gasteiger partial charge in [-0.3, -0.25) is 0 Å². The van der Waals surface area contributed by atoms with E-state index in [2.05, 4.69) is 0 Å². The van der Waals surface area contributed by atoms with Gasteiger partial charge < -0.3 is 9.84 Å². The van der Waals surface area contributed by atoms with Crippen LogP contribution in [0, 0.1) is 0 Å². The van der Waals surface area contributed by atoms with Crippen LogP contribution in [0.4, 0.5) is 0 Å². The van der Waals surface area contributed by atoms with Crippen molar-refractivity contribution in [1.82, 2.24) is 0 Å². The van der Waals surface area contributed by atoms with E-state index in [1.807, 2.05) is 13.8 Å². The van der Waals surface area contributed by atoms with Crippen LogP contribution in [0.2, 0.25) is 0 Å². The molecule has 3 heteroatoms. The zero-order chi connectivity index (χ0) is 5.91. The minimum absolute atomic E-state index is 0. The van der Waals surface area contributed by atoms with E-state index in [1.54, 1.807) is 7.11 Å². The third-order valence-corrected chi connectivity index (χ3v) is 0.933. The van der Waals surface area contributed by atoms with Gasteiger partial charge in [-0.1, -0.05) is 0 Å². The monoisotopic (exact) mass is 194 g/mol. The number of hydrogen-bond donors (Lipinski definition) is 1. The predicted octanol–water partition coefficient (Wildman–Crippen LogP) is 0.401. The first kappa shape index (κ1) is 11.6. The zero-order valence-corrected chi connectivity index (χ0v) is 8.02. The summed E-state index contributed by atoms with van der Waals surface area (Å²) in [4.78, 5) is 0. The summed E-state index contributed by atoms with van der Waals surface area (Å²) in [6.07, 6.45) is 0. The minimum atomic E-state index is -0.361. The normalized spacial score (nSPS) is 10.5. The Kier molecular flexibility index (Phi) is 6.75. The molecule has 0 unspecified atom stereocenters. The fourth-order valence-electron chi connectivity index (χ4n) is 0.0645. The van der Waals surface area contributed by atoms with Gasteiger partial charge in [-0.05, 0) is 13.8 Å². The first-order valence-electron chi connectivity index (χ1n) is 2.28. The second kappa shape index (κ2) is 4.66. The summed E-state index contributed by atoms with van der Waals surface area (Å²) in [6, 6.07) is 0. The molecule has 0 aromatic carbocycles. The fourth-order valence-corrected chi connectivity index (χ4v) is 0.0645. The summed E-state index contributed by atoms with van der Waals surface area (Å²) < 4.78 is 4.84. The zero-order valence-electron chi connectivity index (χ0n) is 5.56. The Labute approximate surface area is 69.4 Å². The van der Waals surface area contributed by atoms with Gasteiger partial charge >= 0.3 is 0 Å². The van der Waals surface area contributed by atoms with Gasteiger partial charge in [-0.15, -0.1) is 0 Å². The molecule has 0 fully saturated rings. The summed E-state index contributed by atoms with van der Waals surface area (Å²) in [5.74, 6) is 0. The van der Waals surface area contributed by atoms with Crippen molar-refractivity contribution in [2.45, 2.75) is 19.4 Å². The van der Waals surface area contributed by atoms with E-state index < -0.39 is 0 Å². The smallest absolute Gasteiger partial charge is 0.0852 e. The second-order valence-corrected chi connectivity index (χ2v) is 2.12. The van der Waals surface area contributed by atoms with Crippen LogP contribution in [-0.2, 0) is 30.9 Å². The van der Waals surface area contributed by atoms with Crippen molar-refractivity contribution < 1.29 is 36.0 Å². The van der Waals surface area contributed by atoms with E-state index in [-0.39, 0.29) is 38.4 Å². The quantitative estimate of drug-likeness (QED) is 0.691. The molecule has 0 saturated carbocycles. The van der Waals surface area contributed by atoms with Gasteiger partial charge in [0.2, 0.25) is 0 Å². The number of hydrogen-bond acceptors (Lipinski definition) is 2. The Hall–Kier alpha value is 0.803. The first-order valence-corrected chi connectivity index (χ1v) is 2.28. The Morgan fingerprint density at radius 2 is 1.88 bits per heavy atom. The summed E-state index contributed by atoms with van der Waals surface area (Å²) in [5.41, 5.74) is -0.361. The van der Waals surface area contributed by atoms with Crippen molar-refractivity contribution in [1.29, 1.82) is 0 Å². The molecule has 0 bridgehead atoms. The van der Waals surface area contributed by atoms with E-state index in [0.717, 1.165) is 0 Å². The average molecular weight is 195 g/mol. The molecule has 0 amide bonds. The molecule has 0 atom stereocenters. The molecule has 0 heterocycles. The summed E-state index contributed by atoms with van der Waals surface area (Å²) in [6.45, 7) is 3.73. The van der Waals surface area contributed by atoms with Crippen molar-refractivity contribution in [3.05, 3.63) is 0 Å². The summed E-state index contributed by atoms with van der Waals surface area (Å²) >= 11 is 0. The van der Waals surface area contributed by atoms with E-state index in [4.69, 9.17) is 9.84 Å². The minimum Gasteiger partial charge on any atom is -0.393 e. The van der Waals surface area contributed by atoms with Gasteiger partial charge in [0.1, 0.15) is 0 Å². The molecule has 0 spiro atoms. The number of ether oxygens (including phenoxy) is 1. The molecule has 0 radical (unpaired) electrons. The fraction of sp³-hybridized carbons (Fsp3) is 1.00. The van der Waals surface area contributed by atoms with Crippen LogP contribution in [0.15, 0.2) is 0 Å². The molecule has 0 aromatic rings.